The summed E-state index contributed by atoms with van der Waals surface area (Å²) in [5, 5.41) is 11.4. The summed E-state index contributed by atoms with van der Waals surface area (Å²) in [4.78, 5) is 12.2. The second-order valence-electron chi connectivity index (χ2n) is 5.15. The first kappa shape index (κ1) is 17.6. The van der Waals surface area contributed by atoms with Crippen molar-refractivity contribution >= 4 is 29.4 Å². The van der Waals surface area contributed by atoms with Crippen molar-refractivity contribution in [2.45, 2.75) is 23.3 Å². The van der Waals surface area contributed by atoms with Gasteiger partial charge in [0.05, 0.1) is 18.6 Å². The molecule has 130 valence electrons. The predicted octanol–water partition coefficient (Wildman–Crippen LogP) is 3.75. The molecular formula is C17H17N3O3S2. The second kappa shape index (κ2) is 8.77. The van der Waals surface area contributed by atoms with Gasteiger partial charge < -0.3 is 14.2 Å². The second-order valence-corrected chi connectivity index (χ2v) is 6.94. The maximum atomic E-state index is 12.2. The average Bonchev–Trinajstić information content (AvgIpc) is 3.30. The van der Waals surface area contributed by atoms with Gasteiger partial charge in [-0.1, -0.05) is 23.9 Å². The van der Waals surface area contributed by atoms with Crippen molar-refractivity contribution in [3.8, 4) is 0 Å². The van der Waals surface area contributed by atoms with E-state index in [2.05, 4.69) is 15.5 Å². The van der Waals surface area contributed by atoms with Gasteiger partial charge in [0.25, 0.3) is 11.1 Å². The highest BCUT2D eigenvalue weighted by molar-refractivity contribution is 7.98. The summed E-state index contributed by atoms with van der Waals surface area (Å²) in [6.45, 7) is 0.366. The summed E-state index contributed by atoms with van der Waals surface area (Å²) in [5.74, 6) is 2.57. The summed E-state index contributed by atoms with van der Waals surface area (Å²) in [6.07, 6.45) is 3.57. The Morgan fingerprint density at radius 3 is 2.92 bits per heavy atom. The fraction of sp³-hybridized carbons (Fsp3) is 0.235. The minimum atomic E-state index is -0.136. The maximum Gasteiger partial charge on any atom is 0.276 e. The normalized spacial score (nSPS) is 10.8. The van der Waals surface area contributed by atoms with E-state index >= 15 is 0 Å². The quantitative estimate of drug-likeness (QED) is 0.601. The van der Waals surface area contributed by atoms with Crippen molar-refractivity contribution < 1.29 is 13.6 Å². The van der Waals surface area contributed by atoms with Crippen LogP contribution >= 0.6 is 23.5 Å². The van der Waals surface area contributed by atoms with Crippen LogP contribution in [0.1, 0.15) is 27.6 Å². The number of carbonyl (C=O) groups is 1. The number of carbonyl (C=O) groups excluding carboxylic acids is 1. The Morgan fingerprint density at radius 1 is 1.20 bits per heavy atom. The van der Waals surface area contributed by atoms with E-state index in [-0.39, 0.29) is 5.91 Å². The summed E-state index contributed by atoms with van der Waals surface area (Å²) in [5.41, 5.74) is 1.62. The Kier molecular flexibility index (Phi) is 6.19. The molecule has 2 heterocycles. The molecule has 0 spiro atoms. The molecule has 25 heavy (non-hydrogen) atoms. The van der Waals surface area contributed by atoms with Gasteiger partial charge in [-0.15, -0.1) is 10.2 Å². The van der Waals surface area contributed by atoms with Crippen LogP contribution in [0.25, 0.3) is 0 Å². The van der Waals surface area contributed by atoms with Crippen LogP contribution in [0.4, 0.5) is 0 Å². The van der Waals surface area contributed by atoms with Gasteiger partial charge in [0.2, 0.25) is 5.89 Å². The van der Waals surface area contributed by atoms with Crippen LogP contribution in [0, 0.1) is 0 Å². The Morgan fingerprint density at radius 2 is 2.12 bits per heavy atom. The Bertz CT molecular complexity index is 818. The van der Waals surface area contributed by atoms with Crippen LogP contribution in [0.2, 0.25) is 0 Å². The predicted molar refractivity (Wildman–Crippen MR) is 97.4 cm³/mol. The average molecular weight is 375 g/mol. The van der Waals surface area contributed by atoms with E-state index in [1.807, 2.05) is 30.5 Å². The molecule has 3 rings (SSSR count). The number of hydrogen-bond acceptors (Lipinski definition) is 7. The molecule has 0 atom stereocenters. The molecule has 6 nitrogen and oxygen atoms in total. The van der Waals surface area contributed by atoms with E-state index in [9.17, 15) is 4.79 Å². The van der Waals surface area contributed by atoms with Gasteiger partial charge in [-0.2, -0.15) is 11.8 Å². The highest BCUT2D eigenvalue weighted by Crippen LogP contribution is 2.23. The lowest BCUT2D eigenvalue weighted by Crippen LogP contribution is -2.22. The molecule has 8 heteroatoms. The van der Waals surface area contributed by atoms with Gasteiger partial charge in [-0.05, 0) is 36.1 Å². The van der Waals surface area contributed by atoms with Crippen LogP contribution < -0.4 is 5.32 Å². The Hall–Kier alpha value is -2.19. The molecule has 0 saturated carbocycles. The van der Waals surface area contributed by atoms with Gasteiger partial charge in [-0.3, -0.25) is 4.79 Å². The van der Waals surface area contributed by atoms with Crippen molar-refractivity contribution in [2.24, 2.45) is 0 Å². The van der Waals surface area contributed by atoms with Crippen molar-refractivity contribution in [3.63, 3.8) is 0 Å². The topological polar surface area (TPSA) is 81.2 Å². The number of furan rings is 1. The molecule has 0 bridgehead atoms. The molecule has 0 saturated heterocycles. The Balaban J connectivity index is 1.55. The van der Waals surface area contributed by atoms with E-state index in [4.69, 9.17) is 8.83 Å². The van der Waals surface area contributed by atoms with E-state index < -0.39 is 0 Å². The molecule has 1 aromatic carbocycles. The van der Waals surface area contributed by atoms with Gasteiger partial charge >= 0.3 is 0 Å². The SMILES string of the molecule is CSCc1nnc(SCc2cccc(C(=O)NCc3ccco3)c2)o1. The van der Waals surface area contributed by atoms with E-state index in [0.29, 0.717) is 34.7 Å². The maximum absolute atomic E-state index is 12.2. The highest BCUT2D eigenvalue weighted by Gasteiger charge is 2.09. The third kappa shape index (κ3) is 5.14. The zero-order valence-corrected chi connectivity index (χ0v) is 15.2. The zero-order chi connectivity index (χ0) is 17.5. The van der Waals surface area contributed by atoms with Crippen molar-refractivity contribution in [1.82, 2.24) is 15.5 Å². The molecule has 0 aliphatic carbocycles. The first-order valence-electron chi connectivity index (χ1n) is 7.58. The zero-order valence-electron chi connectivity index (χ0n) is 13.6. The largest absolute Gasteiger partial charge is 0.467 e. The molecular weight excluding hydrogens is 358 g/mol. The van der Waals surface area contributed by atoms with E-state index in [1.165, 1.54) is 11.8 Å². The molecule has 1 amide bonds. The molecule has 0 radical (unpaired) electrons. The molecule has 1 N–H and O–H groups in total. The van der Waals surface area contributed by atoms with Crippen LogP contribution in [0.15, 0.2) is 56.7 Å². The number of aromatic nitrogens is 2. The third-order valence-electron chi connectivity index (χ3n) is 3.27. The van der Waals surface area contributed by atoms with Crippen molar-refractivity contribution in [2.75, 3.05) is 6.26 Å². The lowest BCUT2D eigenvalue weighted by molar-refractivity contribution is 0.0948. The third-order valence-corrected chi connectivity index (χ3v) is 4.70. The van der Waals surface area contributed by atoms with Crippen molar-refractivity contribution in [1.29, 1.82) is 0 Å². The van der Waals surface area contributed by atoms with E-state index in [1.54, 1.807) is 30.2 Å². The summed E-state index contributed by atoms with van der Waals surface area (Å²) >= 11 is 3.09. The van der Waals surface area contributed by atoms with Gasteiger partial charge in [0.1, 0.15) is 5.76 Å². The summed E-state index contributed by atoms with van der Waals surface area (Å²) in [7, 11) is 0. The Labute approximate surface area is 153 Å². The first-order chi connectivity index (χ1) is 12.2. The summed E-state index contributed by atoms with van der Waals surface area (Å²) in [6, 6.07) is 11.1. The smallest absolute Gasteiger partial charge is 0.276 e. The number of benzene rings is 1. The van der Waals surface area contributed by atoms with Crippen LogP contribution in [-0.2, 0) is 18.1 Å². The lowest BCUT2D eigenvalue weighted by atomic mass is 10.1. The van der Waals surface area contributed by atoms with Crippen LogP contribution in [0.3, 0.4) is 0 Å². The molecule has 0 unspecified atom stereocenters. The van der Waals surface area contributed by atoms with Crippen molar-refractivity contribution in [3.05, 3.63) is 65.4 Å². The highest BCUT2D eigenvalue weighted by atomic mass is 32.2. The van der Waals surface area contributed by atoms with Gasteiger partial charge in [0.15, 0.2) is 0 Å². The first-order valence-corrected chi connectivity index (χ1v) is 9.96. The summed E-state index contributed by atoms with van der Waals surface area (Å²) < 4.78 is 10.7. The minimum absolute atomic E-state index is 0.136. The monoisotopic (exact) mass is 375 g/mol. The molecule has 3 aromatic rings. The van der Waals surface area contributed by atoms with Crippen LogP contribution in [-0.4, -0.2) is 22.4 Å². The van der Waals surface area contributed by atoms with E-state index in [0.717, 1.165) is 11.3 Å². The standard InChI is InChI=1S/C17H17N3O3S2/c1-24-11-15-19-20-17(23-15)25-10-12-4-2-5-13(8-12)16(21)18-9-14-6-3-7-22-14/h2-8H,9-11H2,1H3,(H,18,21). The fourth-order valence-electron chi connectivity index (χ4n) is 2.11. The molecule has 0 aliphatic rings. The number of amides is 1. The number of thioether (sulfide) groups is 2. The fourth-order valence-corrected chi connectivity index (χ4v) is 3.20. The van der Waals surface area contributed by atoms with Gasteiger partial charge in [-0.25, -0.2) is 0 Å². The minimum Gasteiger partial charge on any atom is -0.467 e. The number of rotatable bonds is 8. The number of hydrogen-bond donors (Lipinski definition) is 1. The number of nitrogens with zero attached hydrogens (tertiary/aromatic N) is 2. The lowest BCUT2D eigenvalue weighted by Gasteiger charge is -2.05. The van der Waals surface area contributed by atoms with Gasteiger partial charge in [0, 0.05) is 11.3 Å². The molecule has 0 fully saturated rings. The number of nitrogens with one attached hydrogen (secondary N) is 1. The van der Waals surface area contributed by atoms with Crippen LogP contribution in [0.5, 0.6) is 0 Å². The molecule has 0 aliphatic heterocycles. The molecule has 2 aromatic heterocycles.